The van der Waals surface area contributed by atoms with Gasteiger partial charge in [0.2, 0.25) is 0 Å². The van der Waals surface area contributed by atoms with E-state index < -0.39 is 0 Å². The van der Waals surface area contributed by atoms with Crippen LogP contribution in [0.5, 0.6) is 0 Å². The predicted octanol–water partition coefficient (Wildman–Crippen LogP) is 5.19. The molecule has 1 aliphatic rings. The fourth-order valence-corrected chi connectivity index (χ4v) is 4.78. The van der Waals surface area contributed by atoms with Crippen LogP contribution in [0.25, 0.3) is 0 Å². The smallest absolute Gasteiger partial charge is 0.196 e. The molecular formula is C23H23Cl2N3OS. The van der Waals surface area contributed by atoms with Gasteiger partial charge in [0.25, 0.3) is 0 Å². The van der Waals surface area contributed by atoms with Gasteiger partial charge < -0.3 is 5.73 Å². The highest BCUT2D eigenvalue weighted by Gasteiger charge is 2.23. The molecule has 0 saturated carbocycles. The minimum atomic E-state index is -0.0400. The summed E-state index contributed by atoms with van der Waals surface area (Å²) in [6.45, 7) is 5.55. The number of benzene rings is 2. The number of carbonyl (C=O) groups excluding carboxylic acids is 1. The number of carbonyl (C=O) groups is 1. The second kappa shape index (κ2) is 9.50. The van der Waals surface area contributed by atoms with Crippen LogP contribution in [0.3, 0.4) is 0 Å². The van der Waals surface area contributed by atoms with Crippen molar-refractivity contribution in [2.75, 3.05) is 31.9 Å². The van der Waals surface area contributed by atoms with Crippen LogP contribution in [-0.2, 0) is 13.1 Å². The lowest BCUT2D eigenvalue weighted by molar-refractivity contribution is 0.103. The molecule has 1 saturated heterocycles. The molecule has 0 radical (unpaired) electrons. The molecule has 1 aliphatic heterocycles. The van der Waals surface area contributed by atoms with E-state index in [4.69, 9.17) is 28.9 Å². The second-order valence-corrected chi connectivity index (χ2v) is 9.30. The summed E-state index contributed by atoms with van der Waals surface area (Å²) in [6, 6.07) is 15.0. The van der Waals surface area contributed by atoms with Crippen LogP contribution in [-0.4, -0.2) is 41.8 Å². The van der Waals surface area contributed by atoms with Crippen molar-refractivity contribution in [2.24, 2.45) is 0 Å². The Bertz CT molecular complexity index is 1010. The first-order valence-corrected chi connectivity index (χ1v) is 11.5. The summed E-state index contributed by atoms with van der Waals surface area (Å²) < 4.78 is 0. The highest BCUT2D eigenvalue weighted by Crippen LogP contribution is 2.29. The Morgan fingerprint density at radius 2 is 1.40 bits per heavy atom. The summed E-state index contributed by atoms with van der Waals surface area (Å²) in [6.07, 6.45) is 0. The molecule has 7 heteroatoms. The summed E-state index contributed by atoms with van der Waals surface area (Å²) in [4.78, 5) is 17.9. The molecule has 4 rings (SSSR count). The van der Waals surface area contributed by atoms with Crippen LogP contribution in [0.2, 0.25) is 10.0 Å². The van der Waals surface area contributed by atoms with Crippen molar-refractivity contribution in [3.63, 3.8) is 0 Å². The van der Waals surface area contributed by atoms with E-state index in [1.807, 2.05) is 17.5 Å². The maximum absolute atomic E-state index is 13.0. The van der Waals surface area contributed by atoms with Crippen molar-refractivity contribution < 1.29 is 4.79 Å². The number of anilines is 1. The van der Waals surface area contributed by atoms with Crippen LogP contribution in [0.1, 0.15) is 27.0 Å². The molecule has 30 heavy (non-hydrogen) atoms. The number of nitrogen functional groups attached to an aromatic ring is 1. The Labute approximate surface area is 190 Å². The first-order valence-electron chi connectivity index (χ1n) is 9.85. The number of piperazine rings is 1. The van der Waals surface area contributed by atoms with Gasteiger partial charge in [0.1, 0.15) is 0 Å². The number of hydrogen-bond acceptors (Lipinski definition) is 5. The summed E-state index contributed by atoms with van der Waals surface area (Å²) in [7, 11) is 0. The third-order valence-corrected chi connectivity index (χ3v) is 6.77. The molecule has 2 heterocycles. The molecule has 4 nitrogen and oxygen atoms in total. The quantitative estimate of drug-likeness (QED) is 0.515. The molecule has 1 aromatic heterocycles. The molecular weight excluding hydrogens is 437 g/mol. The topological polar surface area (TPSA) is 49.6 Å². The SMILES string of the molecule is Nc1scc(CN2CCN(Cc3ccc(Cl)cc3)CC2)c1C(=O)c1ccc(Cl)cc1. The van der Waals surface area contributed by atoms with Crippen molar-refractivity contribution in [3.8, 4) is 0 Å². The fraction of sp³-hybridized carbons (Fsp3) is 0.261. The Kier molecular flexibility index (Phi) is 6.76. The van der Waals surface area contributed by atoms with Gasteiger partial charge in [0, 0.05) is 54.9 Å². The fourth-order valence-electron chi connectivity index (χ4n) is 3.72. The minimum Gasteiger partial charge on any atom is -0.390 e. The van der Waals surface area contributed by atoms with Crippen LogP contribution in [0.15, 0.2) is 53.9 Å². The zero-order valence-corrected chi connectivity index (χ0v) is 18.8. The maximum atomic E-state index is 13.0. The Balaban J connectivity index is 1.38. The van der Waals surface area contributed by atoms with E-state index in [9.17, 15) is 4.79 Å². The average molecular weight is 460 g/mol. The molecule has 3 aromatic rings. The summed E-state index contributed by atoms with van der Waals surface area (Å²) >= 11 is 13.4. The van der Waals surface area contributed by atoms with E-state index in [-0.39, 0.29) is 5.78 Å². The lowest BCUT2D eigenvalue weighted by atomic mass is 10.0. The molecule has 2 aromatic carbocycles. The Morgan fingerprint density at radius 1 is 0.867 bits per heavy atom. The monoisotopic (exact) mass is 459 g/mol. The van der Waals surface area contributed by atoms with Gasteiger partial charge in [-0.2, -0.15) is 0 Å². The van der Waals surface area contributed by atoms with Gasteiger partial charge in [-0.05, 0) is 52.9 Å². The summed E-state index contributed by atoms with van der Waals surface area (Å²) in [5.41, 5.74) is 9.68. The van der Waals surface area contributed by atoms with Crippen molar-refractivity contribution in [1.29, 1.82) is 0 Å². The van der Waals surface area contributed by atoms with Gasteiger partial charge >= 0.3 is 0 Å². The molecule has 1 fully saturated rings. The van der Waals surface area contributed by atoms with E-state index in [2.05, 4.69) is 21.9 Å². The number of thiophene rings is 1. The molecule has 0 bridgehead atoms. The van der Waals surface area contributed by atoms with Gasteiger partial charge in [-0.1, -0.05) is 35.3 Å². The minimum absolute atomic E-state index is 0.0400. The van der Waals surface area contributed by atoms with E-state index in [1.165, 1.54) is 16.9 Å². The number of rotatable bonds is 6. The van der Waals surface area contributed by atoms with E-state index >= 15 is 0 Å². The molecule has 2 N–H and O–H groups in total. The maximum Gasteiger partial charge on any atom is 0.196 e. The zero-order valence-electron chi connectivity index (χ0n) is 16.5. The number of hydrogen-bond donors (Lipinski definition) is 1. The molecule has 156 valence electrons. The number of nitrogens with zero attached hydrogens (tertiary/aromatic N) is 2. The highest BCUT2D eigenvalue weighted by atomic mass is 35.5. The molecule has 0 spiro atoms. The molecule has 0 atom stereocenters. The third-order valence-electron chi connectivity index (χ3n) is 5.41. The second-order valence-electron chi connectivity index (χ2n) is 7.51. The number of ketones is 1. The van der Waals surface area contributed by atoms with Crippen molar-refractivity contribution in [2.45, 2.75) is 13.1 Å². The normalized spacial score (nSPS) is 15.4. The third kappa shape index (κ3) is 5.05. The number of nitrogens with two attached hydrogens (primary N) is 1. The van der Waals surface area contributed by atoms with Gasteiger partial charge in [-0.3, -0.25) is 14.6 Å². The molecule has 0 aliphatic carbocycles. The van der Waals surface area contributed by atoms with Crippen LogP contribution < -0.4 is 5.73 Å². The summed E-state index contributed by atoms with van der Waals surface area (Å²) in [5.74, 6) is -0.0400. The lowest BCUT2D eigenvalue weighted by Gasteiger charge is -2.34. The molecule has 0 unspecified atom stereocenters. The zero-order chi connectivity index (χ0) is 21.1. The van der Waals surface area contributed by atoms with Gasteiger partial charge in [0.15, 0.2) is 5.78 Å². The van der Waals surface area contributed by atoms with Gasteiger partial charge in [0.05, 0.1) is 10.6 Å². The van der Waals surface area contributed by atoms with Gasteiger partial charge in [-0.15, -0.1) is 11.3 Å². The van der Waals surface area contributed by atoms with E-state index in [1.54, 1.807) is 24.3 Å². The summed E-state index contributed by atoms with van der Waals surface area (Å²) in [5, 5.41) is 3.97. The van der Waals surface area contributed by atoms with Gasteiger partial charge in [-0.25, -0.2) is 0 Å². The van der Waals surface area contributed by atoms with Crippen molar-refractivity contribution in [3.05, 3.63) is 86.2 Å². The Morgan fingerprint density at radius 3 is 2.00 bits per heavy atom. The predicted molar refractivity (Wildman–Crippen MR) is 126 cm³/mol. The first-order chi connectivity index (χ1) is 14.5. The van der Waals surface area contributed by atoms with Crippen molar-refractivity contribution >= 4 is 45.3 Å². The van der Waals surface area contributed by atoms with Crippen LogP contribution in [0.4, 0.5) is 5.00 Å². The molecule has 0 amide bonds. The largest absolute Gasteiger partial charge is 0.390 e. The number of halogens is 2. The standard InChI is InChI=1S/C23H23Cl2N3OS/c24-19-5-1-16(2-6-19)13-27-9-11-28(12-10-27)14-18-15-30-23(26)21(18)22(29)17-3-7-20(25)8-4-17/h1-8,15H,9-14,26H2. The van der Waals surface area contributed by atoms with Crippen LogP contribution in [0, 0.1) is 0 Å². The first kappa shape index (κ1) is 21.3. The highest BCUT2D eigenvalue weighted by molar-refractivity contribution is 7.14. The average Bonchev–Trinajstić information content (AvgIpc) is 3.11. The Hall–Kier alpha value is -1.89. The van der Waals surface area contributed by atoms with E-state index in [0.717, 1.165) is 49.9 Å². The van der Waals surface area contributed by atoms with E-state index in [0.29, 0.717) is 21.2 Å². The van der Waals surface area contributed by atoms with Crippen LogP contribution >= 0.6 is 34.5 Å². The van der Waals surface area contributed by atoms with Crippen molar-refractivity contribution in [1.82, 2.24) is 9.80 Å². The lowest BCUT2D eigenvalue weighted by Crippen LogP contribution is -2.45.